The highest BCUT2D eigenvalue weighted by Gasteiger charge is 2.41. The molecule has 28 heavy (non-hydrogen) atoms. The lowest BCUT2D eigenvalue weighted by molar-refractivity contribution is 0.468. The van der Waals surface area contributed by atoms with E-state index in [0.29, 0.717) is 12.2 Å². The summed E-state index contributed by atoms with van der Waals surface area (Å²) in [6, 6.07) is 12.5. The molecule has 0 amide bonds. The van der Waals surface area contributed by atoms with E-state index in [1.807, 2.05) is 30.3 Å². The van der Waals surface area contributed by atoms with Crippen LogP contribution in [0.2, 0.25) is 0 Å². The van der Waals surface area contributed by atoms with Crippen molar-refractivity contribution in [3.8, 4) is 0 Å². The van der Waals surface area contributed by atoms with Crippen LogP contribution in [0.15, 0.2) is 66.2 Å². The van der Waals surface area contributed by atoms with Gasteiger partial charge in [-0.05, 0) is 11.6 Å². The van der Waals surface area contributed by atoms with Gasteiger partial charge in [0.2, 0.25) is 5.95 Å². The average Bonchev–Trinajstić information content (AvgIpc) is 3.30. The summed E-state index contributed by atoms with van der Waals surface area (Å²) >= 11 is 0. The SMILES string of the molecule is Cn1cnc(S(=O)(=O)N2CC(Nc3ccnc(F)c3)C(c3ccccc3)C2)c1. The minimum Gasteiger partial charge on any atom is -0.380 e. The quantitative estimate of drug-likeness (QED) is 0.663. The Balaban J connectivity index is 1.65. The second-order valence-electron chi connectivity index (χ2n) is 6.83. The van der Waals surface area contributed by atoms with Crippen molar-refractivity contribution in [1.29, 1.82) is 0 Å². The number of anilines is 1. The zero-order valence-corrected chi connectivity index (χ0v) is 16.1. The Morgan fingerprint density at radius 2 is 1.93 bits per heavy atom. The molecule has 0 radical (unpaired) electrons. The van der Waals surface area contributed by atoms with Gasteiger partial charge in [0.1, 0.15) is 0 Å². The van der Waals surface area contributed by atoms with Crippen molar-refractivity contribution in [2.75, 3.05) is 18.4 Å². The Hall–Kier alpha value is -2.78. The fourth-order valence-corrected chi connectivity index (χ4v) is 4.97. The molecule has 2 atom stereocenters. The van der Waals surface area contributed by atoms with Crippen molar-refractivity contribution < 1.29 is 12.8 Å². The molecule has 0 aliphatic carbocycles. The Morgan fingerprint density at radius 3 is 2.61 bits per heavy atom. The summed E-state index contributed by atoms with van der Waals surface area (Å²) in [6.07, 6.45) is 4.34. The number of benzene rings is 1. The molecule has 0 saturated carbocycles. The standard InChI is InChI=1S/C19H20FN5O2S/c1-24-12-19(22-13-24)28(26,27)25-10-16(14-5-3-2-4-6-14)17(11-25)23-15-7-8-21-18(20)9-15/h2-9,12-13,16-17H,10-11H2,1H3,(H,21,23). The largest absolute Gasteiger partial charge is 0.380 e. The number of hydrogen-bond acceptors (Lipinski definition) is 5. The smallest absolute Gasteiger partial charge is 0.262 e. The highest BCUT2D eigenvalue weighted by molar-refractivity contribution is 7.89. The summed E-state index contributed by atoms with van der Waals surface area (Å²) in [6.45, 7) is 0.566. The lowest BCUT2D eigenvalue weighted by Gasteiger charge is -2.21. The van der Waals surface area contributed by atoms with Crippen LogP contribution in [0.3, 0.4) is 0 Å². The molecule has 4 rings (SSSR count). The van der Waals surface area contributed by atoms with Gasteiger partial charge in [-0.3, -0.25) is 0 Å². The lowest BCUT2D eigenvalue weighted by atomic mass is 9.94. The molecule has 146 valence electrons. The molecule has 2 unspecified atom stereocenters. The first-order valence-corrected chi connectivity index (χ1v) is 10.3. The van der Waals surface area contributed by atoms with E-state index in [2.05, 4.69) is 15.3 Å². The van der Waals surface area contributed by atoms with E-state index in [-0.39, 0.29) is 23.5 Å². The summed E-state index contributed by atoms with van der Waals surface area (Å²) in [5, 5.41) is 3.30. The number of aromatic nitrogens is 3. The van der Waals surface area contributed by atoms with Crippen LogP contribution in [0.5, 0.6) is 0 Å². The molecule has 7 nitrogen and oxygen atoms in total. The predicted molar refractivity (Wildman–Crippen MR) is 103 cm³/mol. The van der Waals surface area contributed by atoms with Gasteiger partial charge in [0.15, 0.2) is 5.03 Å². The molecule has 1 fully saturated rings. The first-order chi connectivity index (χ1) is 13.4. The van der Waals surface area contributed by atoms with Crippen LogP contribution in [0.4, 0.5) is 10.1 Å². The molecule has 1 aliphatic rings. The summed E-state index contributed by atoms with van der Waals surface area (Å²) < 4.78 is 42.6. The molecule has 1 aliphatic heterocycles. The Morgan fingerprint density at radius 1 is 1.14 bits per heavy atom. The lowest BCUT2D eigenvalue weighted by Crippen LogP contribution is -2.32. The summed E-state index contributed by atoms with van der Waals surface area (Å²) in [4.78, 5) is 7.57. The third kappa shape index (κ3) is 3.63. The number of pyridine rings is 1. The van der Waals surface area contributed by atoms with E-state index in [1.165, 1.54) is 29.1 Å². The predicted octanol–water partition coefficient (Wildman–Crippen LogP) is 2.22. The molecule has 3 heterocycles. The monoisotopic (exact) mass is 401 g/mol. The number of halogens is 1. The fourth-order valence-electron chi connectivity index (χ4n) is 3.51. The van der Waals surface area contributed by atoms with Crippen LogP contribution in [-0.2, 0) is 17.1 Å². The maximum atomic E-state index is 13.5. The number of nitrogens with one attached hydrogen (secondary N) is 1. The van der Waals surface area contributed by atoms with E-state index >= 15 is 0 Å². The first kappa shape index (κ1) is 18.6. The highest BCUT2D eigenvalue weighted by Crippen LogP contribution is 2.33. The first-order valence-electron chi connectivity index (χ1n) is 8.84. The molecule has 1 N–H and O–H groups in total. The number of rotatable bonds is 5. The Bertz CT molecular complexity index is 1070. The topological polar surface area (TPSA) is 80.1 Å². The normalized spacial score (nSPS) is 20.4. The molecule has 1 saturated heterocycles. The molecule has 0 spiro atoms. The van der Waals surface area contributed by atoms with Gasteiger partial charge in [0.25, 0.3) is 10.0 Å². The molecule has 3 aromatic rings. The second-order valence-corrected chi connectivity index (χ2v) is 8.72. The van der Waals surface area contributed by atoms with Crippen molar-refractivity contribution in [3.63, 3.8) is 0 Å². The van der Waals surface area contributed by atoms with Gasteiger partial charge in [-0.2, -0.15) is 8.70 Å². The number of aryl methyl sites for hydroxylation is 1. The van der Waals surface area contributed by atoms with Gasteiger partial charge in [-0.1, -0.05) is 30.3 Å². The van der Waals surface area contributed by atoms with E-state index in [4.69, 9.17) is 0 Å². The number of hydrogen-bond donors (Lipinski definition) is 1. The molecule has 1 aromatic carbocycles. The van der Waals surface area contributed by atoms with Crippen LogP contribution in [0, 0.1) is 5.95 Å². The molecular weight excluding hydrogens is 381 g/mol. The molecule has 0 bridgehead atoms. The number of sulfonamides is 1. The van der Waals surface area contributed by atoms with Crippen LogP contribution in [-0.4, -0.2) is 46.4 Å². The van der Waals surface area contributed by atoms with Crippen LogP contribution < -0.4 is 5.32 Å². The minimum atomic E-state index is -3.72. The van der Waals surface area contributed by atoms with E-state index < -0.39 is 16.0 Å². The fraction of sp³-hybridized carbons (Fsp3) is 0.263. The van der Waals surface area contributed by atoms with Gasteiger partial charge in [0.05, 0.1) is 6.33 Å². The van der Waals surface area contributed by atoms with E-state index in [1.54, 1.807) is 17.7 Å². The summed E-state index contributed by atoms with van der Waals surface area (Å²) in [7, 11) is -1.99. The van der Waals surface area contributed by atoms with Crippen molar-refractivity contribution in [3.05, 3.63) is 72.7 Å². The maximum Gasteiger partial charge on any atom is 0.262 e. The average molecular weight is 401 g/mol. The van der Waals surface area contributed by atoms with E-state index in [0.717, 1.165) is 5.56 Å². The zero-order valence-electron chi connectivity index (χ0n) is 15.2. The van der Waals surface area contributed by atoms with Gasteiger partial charge >= 0.3 is 0 Å². The van der Waals surface area contributed by atoms with Gasteiger partial charge in [-0.25, -0.2) is 18.4 Å². The third-order valence-corrected chi connectivity index (χ3v) is 6.60. The Labute approximate surface area is 162 Å². The van der Waals surface area contributed by atoms with Crippen molar-refractivity contribution >= 4 is 15.7 Å². The third-order valence-electron chi connectivity index (χ3n) is 4.88. The van der Waals surface area contributed by atoms with E-state index in [9.17, 15) is 12.8 Å². The highest BCUT2D eigenvalue weighted by atomic mass is 32.2. The van der Waals surface area contributed by atoms with Crippen molar-refractivity contribution in [1.82, 2.24) is 18.8 Å². The van der Waals surface area contributed by atoms with Gasteiger partial charge in [-0.15, -0.1) is 0 Å². The number of nitrogens with zero attached hydrogens (tertiary/aromatic N) is 4. The Kier molecular flexibility index (Phi) is 4.86. The maximum absolute atomic E-state index is 13.5. The van der Waals surface area contributed by atoms with Crippen molar-refractivity contribution in [2.45, 2.75) is 17.0 Å². The van der Waals surface area contributed by atoms with Gasteiger partial charge in [0, 0.05) is 56.2 Å². The minimum absolute atomic E-state index is 0.0254. The zero-order chi connectivity index (χ0) is 19.7. The van der Waals surface area contributed by atoms with Crippen LogP contribution in [0.1, 0.15) is 11.5 Å². The summed E-state index contributed by atoms with van der Waals surface area (Å²) in [5.74, 6) is -0.673. The summed E-state index contributed by atoms with van der Waals surface area (Å²) in [5.41, 5.74) is 1.59. The van der Waals surface area contributed by atoms with Crippen molar-refractivity contribution in [2.24, 2.45) is 7.05 Å². The second kappa shape index (κ2) is 7.33. The molecule has 2 aromatic heterocycles. The number of imidazole rings is 1. The van der Waals surface area contributed by atoms with Crippen LogP contribution in [0.25, 0.3) is 0 Å². The molecular formula is C19H20FN5O2S. The van der Waals surface area contributed by atoms with Gasteiger partial charge < -0.3 is 9.88 Å². The molecule has 9 heteroatoms. The van der Waals surface area contributed by atoms with Crippen LogP contribution >= 0.6 is 0 Å².